The van der Waals surface area contributed by atoms with E-state index in [9.17, 15) is 9.59 Å². The molecule has 40 heavy (non-hydrogen) atoms. The average molecular weight is 535 g/mol. The predicted octanol–water partition coefficient (Wildman–Crippen LogP) is 8.01. The zero-order chi connectivity index (χ0) is 28.1. The van der Waals surface area contributed by atoms with Crippen molar-refractivity contribution in [3.8, 4) is 0 Å². The van der Waals surface area contributed by atoms with E-state index in [1.54, 1.807) is 0 Å². The van der Waals surface area contributed by atoms with Crippen LogP contribution in [0, 0.1) is 34.5 Å². The highest BCUT2D eigenvalue weighted by Crippen LogP contribution is 2.67. The highest BCUT2D eigenvalue weighted by Gasteiger charge is 2.75. The summed E-state index contributed by atoms with van der Waals surface area (Å²) in [6.07, 6.45) is 3.77. The van der Waals surface area contributed by atoms with E-state index < -0.39 is 10.8 Å². The number of ketones is 1. The zero-order valence-corrected chi connectivity index (χ0v) is 24.3. The van der Waals surface area contributed by atoms with Crippen LogP contribution in [0.5, 0.6) is 0 Å². The van der Waals surface area contributed by atoms with Crippen LogP contribution in [-0.4, -0.2) is 17.9 Å². The van der Waals surface area contributed by atoms with Gasteiger partial charge in [-0.2, -0.15) is 0 Å². The van der Waals surface area contributed by atoms with Gasteiger partial charge in [0.25, 0.3) is 0 Å². The van der Waals surface area contributed by atoms with Gasteiger partial charge in [-0.05, 0) is 65.5 Å². The van der Waals surface area contributed by atoms with Crippen LogP contribution in [-0.2, 0) is 19.7 Å². The summed E-state index contributed by atoms with van der Waals surface area (Å²) in [7, 11) is 0. The van der Waals surface area contributed by atoms with Crippen LogP contribution in [0.1, 0.15) is 76.5 Å². The molecule has 6 atom stereocenters. The first-order valence-electron chi connectivity index (χ1n) is 15.1. The van der Waals surface area contributed by atoms with Crippen molar-refractivity contribution < 1.29 is 14.3 Å². The third-order valence-corrected chi connectivity index (χ3v) is 10.8. The minimum atomic E-state index is -0.902. The van der Waals surface area contributed by atoms with Crippen LogP contribution in [0.3, 0.4) is 0 Å². The third kappa shape index (κ3) is 4.07. The second kappa shape index (κ2) is 10.0. The van der Waals surface area contributed by atoms with Crippen molar-refractivity contribution in [2.75, 3.05) is 0 Å². The summed E-state index contributed by atoms with van der Waals surface area (Å²) in [5, 5.41) is 0. The van der Waals surface area contributed by atoms with Crippen molar-refractivity contribution in [2.45, 2.75) is 71.3 Å². The van der Waals surface area contributed by atoms with Gasteiger partial charge in [0, 0.05) is 12.3 Å². The fraction of sp³-hybridized carbons (Fsp3) is 0.459. The van der Waals surface area contributed by atoms with Crippen LogP contribution in [0.15, 0.2) is 91.0 Å². The molecule has 0 aliphatic heterocycles. The van der Waals surface area contributed by atoms with E-state index in [-0.39, 0.29) is 41.0 Å². The van der Waals surface area contributed by atoms with Crippen molar-refractivity contribution in [3.63, 3.8) is 0 Å². The molecule has 0 heterocycles. The summed E-state index contributed by atoms with van der Waals surface area (Å²) >= 11 is 0. The van der Waals surface area contributed by atoms with Crippen LogP contribution < -0.4 is 0 Å². The molecule has 0 bridgehead atoms. The van der Waals surface area contributed by atoms with Gasteiger partial charge in [-0.1, -0.05) is 119 Å². The number of benzene rings is 3. The van der Waals surface area contributed by atoms with Gasteiger partial charge in [-0.3, -0.25) is 9.59 Å². The van der Waals surface area contributed by atoms with Crippen molar-refractivity contribution >= 4 is 11.8 Å². The molecular weight excluding hydrogens is 492 g/mol. The molecule has 0 radical (unpaired) electrons. The Labute approximate surface area is 239 Å². The fourth-order valence-corrected chi connectivity index (χ4v) is 8.54. The molecule has 0 spiro atoms. The smallest absolute Gasteiger partial charge is 0.320 e. The number of rotatable bonds is 6. The number of carbonyl (C=O) groups excluding carboxylic acids is 2. The Hall–Kier alpha value is -3.20. The van der Waals surface area contributed by atoms with E-state index in [0.717, 1.165) is 25.7 Å². The molecule has 0 saturated heterocycles. The summed E-state index contributed by atoms with van der Waals surface area (Å²) in [6, 6.07) is 32.3. The summed E-state index contributed by atoms with van der Waals surface area (Å²) in [6.45, 7) is 9.06. The predicted molar refractivity (Wildman–Crippen MR) is 159 cm³/mol. The molecule has 0 N–H and O–H groups in total. The number of hydrogen-bond acceptors (Lipinski definition) is 3. The lowest BCUT2D eigenvalue weighted by Crippen LogP contribution is -2.50. The van der Waals surface area contributed by atoms with Gasteiger partial charge in [0.2, 0.25) is 0 Å². The number of ether oxygens (including phenoxy) is 1. The molecule has 3 heteroatoms. The first-order chi connectivity index (χ1) is 19.2. The molecule has 2 unspecified atom stereocenters. The van der Waals surface area contributed by atoms with Gasteiger partial charge in [0.05, 0.1) is 5.41 Å². The molecule has 208 valence electrons. The molecule has 6 rings (SSSR count). The van der Waals surface area contributed by atoms with Gasteiger partial charge in [0.1, 0.15) is 11.5 Å². The minimum Gasteiger partial charge on any atom is -0.461 e. The Morgan fingerprint density at radius 1 is 0.775 bits per heavy atom. The first kappa shape index (κ1) is 27.0. The summed E-state index contributed by atoms with van der Waals surface area (Å²) in [5.41, 5.74) is 2.33. The largest absolute Gasteiger partial charge is 0.461 e. The third-order valence-electron chi connectivity index (χ3n) is 10.8. The Kier molecular flexibility index (Phi) is 6.76. The molecule has 3 saturated carbocycles. The number of esters is 1. The SMILES string of the molecule is CC1C2CCC(=O)[C@@]12C(=O)O[C@@H]1CC[C@@H](C(C)(C)C)C[C@H]1C(c1ccccc1)(c1ccccc1)c1ccccc1. The van der Waals surface area contributed by atoms with Crippen LogP contribution in [0.2, 0.25) is 0 Å². The van der Waals surface area contributed by atoms with Crippen molar-refractivity contribution in [1.29, 1.82) is 0 Å². The van der Waals surface area contributed by atoms with Gasteiger partial charge < -0.3 is 4.74 Å². The van der Waals surface area contributed by atoms with Gasteiger partial charge in [-0.15, -0.1) is 0 Å². The number of carbonyl (C=O) groups is 2. The number of hydrogen-bond donors (Lipinski definition) is 0. The molecule has 3 aromatic carbocycles. The molecule has 3 nitrogen and oxygen atoms in total. The van der Waals surface area contributed by atoms with E-state index in [4.69, 9.17) is 4.74 Å². The van der Waals surface area contributed by atoms with Gasteiger partial charge in [-0.25, -0.2) is 0 Å². The fourth-order valence-electron chi connectivity index (χ4n) is 8.54. The molecule has 0 aromatic heterocycles. The second-order valence-corrected chi connectivity index (χ2v) is 13.6. The van der Waals surface area contributed by atoms with Gasteiger partial charge >= 0.3 is 5.97 Å². The van der Waals surface area contributed by atoms with E-state index in [2.05, 4.69) is 119 Å². The van der Waals surface area contributed by atoms with Gasteiger partial charge in [0.15, 0.2) is 5.78 Å². The summed E-state index contributed by atoms with van der Waals surface area (Å²) in [5.74, 6) is 0.547. The molecule has 0 amide bonds. The molecule has 3 fully saturated rings. The Bertz CT molecular complexity index is 1260. The maximum Gasteiger partial charge on any atom is 0.320 e. The monoisotopic (exact) mass is 534 g/mol. The Morgan fingerprint density at radius 2 is 1.27 bits per heavy atom. The van der Waals surface area contributed by atoms with E-state index in [1.165, 1.54) is 16.7 Å². The normalized spacial score (nSPS) is 30.0. The summed E-state index contributed by atoms with van der Waals surface area (Å²) in [4.78, 5) is 27.1. The maximum absolute atomic E-state index is 14.0. The highest BCUT2D eigenvalue weighted by atomic mass is 16.5. The first-order valence-corrected chi connectivity index (χ1v) is 15.1. The number of Topliss-reactive ketones (excluding diaryl/α,β-unsaturated/α-hetero) is 1. The lowest BCUT2D eigenvalue weighted by molar-refractivity contribution is -0.166. The summed E-state index contributed by atoms with van der Waals surface area (Å²) < 4.78 is 6.65. The van der Waals surface area contributed by atoms with E-state index in [1.807, 2.05) is 0 Å². The lowest BCUT2D eigenvalue weighted by atomic mass is 9.54. The molecule has 3 aliphatic carbocycles. The second-order valence-electron chi connectivity index (χ2n) is 13.6. The van der Waals surface area contributed by atoms with Crippen LogP contribution in [0.4, 0.5) is 0 Å². The Morgan fingerprint density at radius 3 is 1.70 bits per heavy atom. The van der Waals surface area contributed by atoms with Crippen molar-refractivity contribution in [3.05, 3.63) is 108 Å². The minimum absolute atomic E-state index is 0.00189. The standard InChI is InChI=1S/C37H42O3/c1-25-30-21-23-33(38)36(25,30)34(39)40-32-22-20-29(35(2,3)4)24-31(32)37(26-14-8-5-9-15-26,27-16-10-6-11-17-27)28-18-12-7-13-19-28/h5-19,25,29-32H,20-24H2,1-4H3/t25?,29-,30?,31-,32-,36-/m1/s1. The molecule has 3 aromatic rings. The quantitative estimate of drug-likeness (QED) is 0.183. The van der Waals surface area contributed by atoms with Crippen LogP contribution >= 0.6 is 0 Å². The van der Waals surface area contributed by atoms with E-state index in [0.29, 0.717) is 12.3 Å². The van der Waals surface area contributed by atoms with Crippen LogP contribution in [0.25, 0.3) is 0 Å². The topological polar surface area (TPSA) is 43.4 Å². The average Bonchev–Trinajstić information content (AvgIpc) is 3.41. The lowest BCUT2D eigenvalue weighted by Gasteiger charge is -2.51. The zero-order valence-electron chi connectivity index (χ0n) is 24.3. The molecule has 3 aliphatic rings. The molecular formula is C37H42O3. The highest BCUT2D eigenvalue weighted by molar-refractivity contribution is 6.09. The Balaban J connectivity index is 1.53. The van der Waals surface area contributed by atoms with Crippen molar-refractivity contribution in [1.82, 2.24) is 0 Å². The van der Waals surface area contributed by atoms with E-state index >= 15 is 0 Å². The number of fused-ring (bicyclic) bond motifs is 1. The maximum atomic E-state index is 14.0. The van der Waals surface area contributed by atoms with Crippen molar-refractivity contribution in [2.24, 2.45) is 34.5 Å².